The maximum Gasteiger partial charge on any atom is 0.149 e. The molecule has 0 spiro atoms. The molecule has 4 nitrogen and oxygen atoms in total. The molecule has 5 fully saturated rings. The van der Waals surface area contributed by atoms with E-state index in [9.17, 15) is 14.7 Å². The molecule has 1 saturated heterocycles. The van der Waals surface area contributed by atoms with Crippen LogP contribution in [0.3, 0.4) is 0 Å². The molecule has 0 radical (unpaired) electrons. The molecule has 0 aromatic rings. The highest BCUT2D eigenvalue weighted by Crippen LogP contribution is 2.77. The van der Waals surface area contributed by atoms with E-state index in [0.29, 0.717) is 23.7 Å². The lowest BCUT2D eigenvalue weighted by atomic mass is 9.38. The van der Waals surface area contributed by atoms with Crippen molar-refractivity contribution in [2.75, 3.05) is 0 Å². The van der Waals surface area contributed by atoms with E-state index in [-0.39, 0.29) is 33.7 Å². The van der Waals surface area contributed by atoms with Gasteiger partial charge in [0.25, 0.3) is 0 Å². The van der Waals surface area contributed by atoms with Crippen molar-refractivity contribution in [1.29, 1.82) is 0 Å². The molecule has 4 heteroatoms. The number of carbonyl (C=O) groups excluding carboxylic acids is 2. The predicted molar refractivity (Wildman–Crippen MR) is 133 cm³/mol. The van der Waals surface area contributed by atoms with Crippen molar-refractivity contribution < 1.29 is 19.4 Å². The van der Waals surface area contributed by atoms with E-state index in [0.717, 1.165) is 44.8 Å². The van der Waals surface area contributed by atoms with E-state index in [4.69, 9.17) is 4.74 Å². The first kappa shape index (κ1) is 24.9. The van der Waals surface area contributed by atoms with E-state index < -0.39 is 16.9 Å². The summed E-state index contributed by atoms with van der Waals surface area (Å²) >= 11 is 0. The van der Waals surface area contributed by atoms with Crippen molar-refractivity contribution in [2.45, 2.75) is 124 Å². The Balaban J connectivity index is 1.49. The SMILES string of the molecule is CC(C)(O)[C@H]1CC[C@@](C)([C@H]2CC[C@]3(C)[C@@H]2CC[C@H]2[C@@]4(C)[C@H](C=O)C(=O)C(C)(C)[C@@H]4CC[C@]23C)O1. The van der Waals surface area contributed by atoms with Crippen molar-refractivity contribution in [2.24, 2.45) is 51.2 Å². The van der Waals surface area contributed by atoms with Gasteiger partial charge >= 0.3 is 0 Å². The van der Waals surface area contributed by atoms with Crippen molar-refractivity contribution in [1.82, 2.24) is 0 Å². The Morgan fingerprint density at radius 2 is 1.50 bits per heavy atom. The molecule has 1 N–H and O–H groups in total. The number of rotatable bonds is 3. The first-order chi connectivity index (χ1) is 15.6. The number of hydrogen-bond acceptors (Lipinski definition) is 4. The van der Waals surface area contributed by atoms with Gasteiger partial charge in [-0.05, 0) is 112 Å². The molecule has 0 amide bonds. The van der Waals surface area contributed by atoms with Crippen LogP contribution in [-0.2, 0) is 14.3 Å². The van der Waals surface area contributed by atoms with Crippen LogP contribution in [0, 0.1) is 51.2 Å². The minimum atomic E-state index is -0.804. The molecule has 10 atom stereocenters. The second-order valence-electron chi connectivity index (χ2n) is 15.0. The average molecular weight is 473 g/mol. The van der Waals surface area contributed by atoms with Gasteiger partial charge in [-0.25, -0.2) is 0 Å². The lowest BCUT2D eigenvalue weighted by Crippen LogP contribution is -2.61. The van der Waals surface area contributed by atoms with Gasteiger partial charge < -0.3 is 14.6 Å². The number of Topliss-reactive ketones (excluding diaryl/α,β-unsaturated/α-hetero) is 1. The first-order valence-corrected chi connectivity index (χ1v) is 14.0. The fraction of sp³-hybridized carbons (Fsp3) is 0.933. The Morgan fingerprint density at radius 3 is 2.09 bits per heavy atom. The molecule has 0 aromatic heterocycles. The summed E-state index contributed by atoms with van der Waals surface area (Å²) in [5.74, 6) is 1.52. The van der Waals surface area contributed by atoms with Gasteiger partial charge in [-0.2, -0.15) is 0 Å². The molecule has 0 aromatic carbocycles. The molecule has 34 heavy (non-hydrogen) atoms. The third-order valence-corrected chi connectivity index (χ3v) is 13.1. The number of hydrogen-bond donors (Lipinski definition) is 1. The molecule has 1 aliphatic heterocycles. The number of carbonyl (C=O) groups is 2. The normalized spacial score (nSPS) is 54.4. The number of fused-ring (bicyclic) bond motifs is 5. The summed E-state index contributed by atoms with van der Waals surface area (Å²) in [6.07, 6.45) is 9.72. The van der Waals surface area contributed by atoms with E-state index >= 15 is 0 Å². The fourth-order valence-corrected chi connectivity index (χ4v) is 11.0. The summed E-state index contributed by atoms with van der Waals surface area (Å²) in [7, 11) is 0. The van der Waals surface area contributed by atoms with Crippen LogP contribution < -0.4 is 0 Å². The Morgan fingerprint density at radius 1 is 0.853 bits per heavy atom. The second kappa shape index (κ2) is 7.18. The first-order valence-electron chi connectivity index (χ1n) is 14.0. The average Bonchev–Trinajstić information content (AvgIpc) is 3.34. The van der Waals surface area contributed by atoms with E-state index in [2.05, 4.69) is 41.5 Å². The van der Waals surface area contributed by atoms with Gasteiger partial charge in [0.1, 0.15) is 12.1 Å². The van der Waals surface area contributed by atoms with Gasteiger partial charge in [-0.15, -0.1) is 0 Å². The molecule has 4 aliphatic carbocycles. The van der Waals surface area contributed by atoms with Crippen molar-refractivity contribution >= 4 is 12.1 Å². The molecule has 1 heterocycles. The molecule has 0 unspecified atom stereocenters. The monoisotopic (exact) mass is 472 g/mol. The zero-order valence-corrected chi connectivity index (χ0v) is 22.9. The van der Waals surface area contributed by atoms with Gasteiger partial charge in [-0.3, -0.25) is 4.79 Å². The highest BCUT2D eigenvalue weighted by atomic mass is 16.5. The van der Waals surface area contributed by atoms with Crippen LogP contribution in [0.2, 0.25) is 0 Å². The van der Waals surface area contributed by atoms with Crippen LogP contribution in [-0.4, -0.2) is 34.5 Å². The molecular weight excluding hydrogens is 424 g/mol. The van der Waals surface area contributed by atoms with Crippen molar-refractivity contribution in [3.63, 3.8) is 0 Å². The minimum Gasteiger partial charge on any atom is -0.388 e. The molecule has 192 valence electrons. The molecule has 4 saturated carbocycles. The number of ether oxygens (including phenoxy) is 1. The number of aliphatic hydroxyl groups is 1. The second-order valence-corrected chi connectivity index (χ2v) is 15.0. The summed E-state index contributed by atoms with van der Waals surface area (Å²) in [6.45, 7) is 17.6. The maximum absolute atomic E-state index is 13.4. The highest BCUT2D eigenvalue weighted by Gasteiger charge is 2.73. The summed E-state index contributed by atoms with van der Waals surface area (Å²) in [4.78, 5) is 25.8. The zero-order chi connectivity index (χ0) is 25.1. The minimum absolute atomic E-state index is 0.0919. The summed E-state index contributed by atoms with van der Waals surface area (Å²) in [5.41, 5.74) is -1.30. The van der Waals surface area contributed by atoms with Crippen LogP contribution in [0.4, 0.5) is 0 Å². The van der Waals surface area contributed by atoms with Crippen molar-refractivity contribution in [3.05, 3.63) is 0 Å². The van der Waals surface area contributed by atoms with E-state index in [1.807, 2.05) is 13.8 Å². The highest BCUT2D eigenvalue weighted by molar-refractivity contribution is 6.00. The Hall–Kier alpha value is -0.740. The van der Waals surface area contributed by atoms with Crippen molar-refractivity contribution in [3.8, 4) is 0 Å². The molecule has 5 aliphatic rings. The van der Waals surface area contributed by atoms with E-state index in [1.54, 1.807) is 0 Å². The van der Waals surface area contributed by atoms with Crippen LogP contribution in [0.5, 0.6) is 0 Å². The fourth-order valence-electron chi connectivity index (χ4n) is 11.0. The van der Waals surface area contributed by atoms with Crippen LogP contribution in [0.1, 0.15) is 107 Å². The van der Waals surface area contributed by atoms with Gasteiger partial charge in [0.2, 0.25) is 0 Å². The lowest BCUT2D eigenvalue weighted by Gasteiger charge is -2.66. The Labute approximate surface area is 207 Å². The summed E-state index contributed by atoms with van der Waals surface area (Å²) in [6, 6.07) is 0. The standard InChI is InChI=1S/C30H48O4/c1-25(2)21-12-15-28(6)22(30(21,8)20(17-31)24(25)32)10-9-18-19(11-14-27(18,28)5)29(7)16-13-23(34-29)26(3,4)33/h17-23,33H,9-16H2,1-8H3/t18-,19+,20-,21+,22-,23-,27-,28-,29+,30+/m1/s1. The van der Waals surface area contributed by atoms with Gasteiger partial charge in [-0.1, -0.05) is 34.6 Å². The van der Waals surface area contributed by atoms with Gasteiger partial charge in [0, 0.05) is 5.41 Å². The quantitative estimate of drug-likeness (QED) is 0.405. The molecule has 5 rings (SSSR count). The zero-order valence-electron chi connectivity index (χ0n) is 22.9. The van der Waals surface area contributed by atoms with Crippen LogP contribution >= 0.6 is 0 Å². The molecule has 0 bridgehead atoms. The third kappa shape index (κ3) is 2.85. The smallest absolute Gasteiger partial charge is 0.149 e. The number of aldehydes is 1. The lowest BCUT2D eigenvalue weighted by molar-refractivity contribution is -0.195. The Kier molecular flexibility index (Phi) is 5.27. The third-order valence-electron chi connectivity index (χ3n) is 13.1. The summed E-state index contributed by atoms with van der Waals surface area (Å²) < 4.78 is 6.68. The topological polar surface area (TPSA) is 63.6 Å². The Bertz CT molecular complexity index is 887. The molecular formula is C30H48O4. The predicted octanol–water partition coefficient (Wildman–Crippen LogP) is 5.98. The van der Waals surface area contributed by atoms with Gasteiger partial charge in [0.05, 0.1) is 23.2 Å². The summed E-state index contributed by atoms with van der Waals surface area (Å²) in [5, 5.41) is 10.6. The maximum atomic E-state index is 13.4. The van der Waals surface area contributed by atoms with Crippen LogP contribution in [0.15, 0.2) is 0 Å². The van der Waals surface area contributed by atoms with E-state index in [1.165, 1.54) is 12.8 Å². The van der Waals surface area contributed by atoms with Crippen LogP contribution in [0.25, 0.3) is 0 Å². The number of ketones is 1. The largest absolute Gasteiger partial charge is 0.388 e. The van der Waals surface area contributed by atoms with Gasteiger partial charge in [0.15, 0.2) is 0 Å².